The van der Waals surface area contributed by atoms with Crippen molar-refractivity contribution in [3.05, 3.63) is 325 Å². The molecule has 0 bridgehead atoms. The summed E-state index contributed by atoms with van der Waals surface area (Å²) >= 11 is 0. The molecule has 0 saturated carbocycles. The van der Waals surface area contributed by atoms with E-state index in [1.54, 1.807) is 0 Å². The molecule has 15 rings (SSSR count). The average molecular weight is 995 g/mol. The summed E-state index contributed by atoms with van der Waals surface area (Å²) in [6.45, 7) is 4.73. The van der Waals surface area contributed by atoms with E-state index in [1.807, 2.05) is 0 Å². The highest BCUT2D eigenvalue weighted by atomic mass is 15.1. The van der Waals surface area contributed by atoms with Gasteiger partial charge in [-0.25, -0.2) is 0 Å². The molecule has 0 aliphatic heterocycles. The average Bonchev–Trinajstić information content (AvgIpc) is 4.21. The van der Waals surface area contributed by atoms with Gasteiger partial charge in [-0.15, -0.1) is 0 Å². The first-order valence-corrected chi connectivity index (χ1v) is 27.2. The predicted molar refractivity (Wildman–Crippen MR) is 327 cm³/mol. The first-order valence-electron chi connectivity index (χ1n) is 27.2. The number of nitrogens with zero attached hydrogens (tertiary/aromatic N) is 2. The van der Waals surface area contributed by atoms with Gasteiger partial charge in [0.15, 0.2) is 0 Å². The molecule has 0 N–H and O–H groups in total. The zero-order valence-corrected chi connectivity index (χ0v) is 43.6. The highest BCUT2D eigenvalue weighted by Gasteiger charge is 2.46. The maximum Gasteiger partial charge on any atom is 0.0713 e. The normalized spacial score (nSPS) is 13.5. The van der Waals surface area contributed by atoms with Crippen molar-refractivity contribution in [1.29, 1.82) is 0 Å². The Labute approximate surface area is 456 Å². The second-order valence-electron chi connectivity index (χ2n) is 21.6. The Morgan fingerprint density at radius 3 is 1.45 bits per heavy atom. The predicted octanol–water partition coefficient (Wildman–Crippen LogP) is 19.9. The molecule has 13 aromatic rings. The van der Waals surface area contributed by atoms with Crippen LogP contribution in [0.15, 0.2) is 291 Å². The smallest absolute Gasteiger partial charge is 0.0713 e. The van der Waals surface area contributed by atoms with Crippen molar-refractivity contribution in [2.45, 2.75) is 24.7 Å². The molecule has 0 atom stereocenters. The zero-order chi connectivity index (χ0) is 52.0. The summed E-state index contributed by atoms with van der Waals surface area (Å²) in [6, 6.07) is 108. The lowest BCUT2D eigenvalue weighted by Crippen LogP contribution is -2.28. The summed E-state index contributed by atoms with van der Waals surface area (Å²) in [6.07, 6.45) is 0. The molecule has 2 aliphatic carbocycles. The lowest BCUT2D eigenvalue weighted by atomic mass is 9.68. The quantitative estimate of drug-likeness (QED) is 0.140. The zero-order valence-electron chi connectivity index (χ0n) is 43.6. The molecule has 1 aromatic heterocycles. The minimum Gasteiger partial charge on any atom is -0.310 e. The van der Waals surface area contributed by atoms with Crippen LogP contribution >= 0.6 is 0 Å². The fourth-order valence-corrected chi connectivity index (χ4v) is 13.4. The standard InChI is InChI=1S/C76H54N2/c1-75(2)69-30-15-12-27-63(69)65-45-42-62(50-72(65)75)78-73-32-17-14-29-66(73)67-44-37-56(48-74(67)78)55-22-18-21-54(47-55)53-35-40-60(41-36-53)77(59-38-33-52(34-39-59)51-19-6-3-7-20-51)61-43-46-71-68(49-61)64-28-13-16-31-70(64)76(71,57-23-8-4-9-24-57)58-25-10-5-11-26-58/h3-50H,1-2H3. The SMILES string of the molecule is CC1(C)c2ccccc2-c2ccc(-n3c4ccccc4c4ccc(-c5cccc(-c6ccc(N(c7ccc(-c8ccccc8)cc7)c7ccc8c(c7)-c7ccccc7C8(c7ccccc7)c7ccccc7)cc6)c5)cc43)cc21. The third-order valence-corrected chi connectivity index (χ3v) is 17.1. The minimum atomic E-state index is -0.470. The van der Waals surface area contributed by atoms with E-state index in [-0.39, 0.29) is 5.41 Å². The summed E-state index contributed by atoms with van der Waals surface area (Å²) in [5.41, 5.74) is 26.5. The van der Waals surface area contributed by atoms with Gasteiger partial charge in [0, 0.05) is 38.9 Å². The van der Waals surface area contributed by atoms with Crippen LogP contribution in [0.25, 0.3) is 83.1 Å². The first kappa shape index (κ1) is 45.6. The lowest BCUT2D eigenvalue weighted by molar-refractivity contribution is 0.660. The fourth-order valence-electron chi connectivity index (χ4n) is 13.4. The van der Waals surface area contributed by atoms with E-state index in [4.69, 9.17) is 0 Å². The molecule has 78 heavy (non-hydrogen) atoms. The van der Waals surface area contributed by atoms with E-state index in [9.17, 15) is 0 Å². The fraction of sp³-hybridized carbons (Fsp3) is 0.0526. The lowest BCUT2D eigenvalue weighted by Gasteiger charge is -2.34. The van der Waals surface area contributed by atoms with Gasteiger partial charge < -0.3 is 9.47 Å². The molecule has 2 heteroatoms. The van der Waals surface area contributed by atoms with Gasteiger partial charge in [-0.2, -0.15) is 0 Å². The Morgan fingerprint density at radius 2 is 0.756 bits per heavy atom. The third kappa shape index (κ3) is 7.03. The van der Waals surface area contributed by atoms with E-state index < -0.39 is 5.41 Å². The van der Waals surface area contributed by atoms with Gasteiger partial charge in [0.05, 0.1) is 16.4 Å². The van der Waals surface area contributed by atoms with Crippen molar-refractivity contribution in [3.8, 4) is 61.3 Å². The molecule has 2 nitrogen and oxygen atoms in total. The van der Waals surface area contributed by atoms with E-state index in [1.165, 1.54) is 111 Å². The summed E-state index contributed by atoms with van der Waals surface area (Å²) in [7, 11) is 0. The highest BCUT2D eigenvalue weighted by Crippen LogP contribution is 2.57. The van der Waals surface area contributed by atoms with Crippen molar-refractivity contribution in [1.82, 2.24) is 4.57 Å². The molecule has 0 amide bonds. The maximum absolute atomic E-state index is 2.47. The summed E-state index contributed by atoms with van der Waals surface area (Å²) in [5.74, 6) is 0. The van der Waals surface area contributed by atoms with Gasteiger partial charge in [0.25, 0.3) is 0 Å². The Balaban J connectivity index is 0.819. The minimum absolute atomic E-state index is 0.0924. The van der Waals surface area contributed by atoms with Gasteiger partial charge >= 0.3 is 0 Å². The van der Waals surface area contributed by atoms with Crippen LogP contribution in [0.4, 0.5) is 17.1 Å². The Bertz CT molecular complexity index is 4390. The molecule has 0 unspecified atom stereocenters. The van der Waals surface area contributed by atoms with Crippen LogP contribution in [-0.4, -0.2) is 4.57 Å². The molecule has 1 heterocycles. The third-order valence-electron chi connectivity index (χ3n) is 17.1. The Kier molecular flexibility index (Phi) is 10.5. The number of rotatable bonds is 9. The van der Waals surface area contributed by atoms with E-state index in [2.05, 4.69) is 315 Å². The molecular formula is C76H54N2. The van der Waals surface area contributed by atoms with Crippen LogP contribution in [0, 0.1) is 0 Å². The topological polar surface area (TPSA) is 8.17 Å². The van der Waals surface area contributed by atoms with Crippen LogP contribution in [-0.2, 0) is 10.8 Å². The van der Waals surface area contributed by atoms with Crippen molar-refractivity contribution in [2.24, 2.45) is 0 Å². The van der Waals surface area contributed by atoms with Gasteiger partial charge in [0.1, 0.15) is 0 Å². The van der Waals surface area contributed by atoms with Crippen LogP contribution < -0.4 is 4.90 Å². The number of para-hydroxylation sites is 1. The Hall–Kier alpha value is -9.76. The molecule has 368 valence electrons. The van der Waals surface area contributed by atoms with Crippen molar-refractivity contribution >= 4 is 38.9 Å². The van der Waals surface area contributed by atoms with Crippen molar-refractivity contribution < 1.29 is 0 Å². The van der Waals surface area contributed by atoms with Crippen LogP contribution in [0.5, 0.6) is 0 Å². The summed E-state index contributed by atoms with van der Waals surface area (Å²) in [4.78, 5) is 2.41. The summed E-state index contributed by atoms with van der Waals surface area (Å²) < 4.78 is 2.47. The van der Waals surface area contributed by atoms with Gasteiger partial charge in [0.2, 0.25) is 0 Å². The van der Waals surface area contributed by atoms with Crippen molar-refractivity contribution in [2.75, 3.05) is 4.90 Å². The monoisotopic (exact) mass is 994 g/mol. The number of anilines is 3. The molecule has 0 saturated heterocycles. The maximum atomic E-state index is 2.47. The number of hydrogen-bond acceptors (Lipinski definition) is 1. The summed E-state index contributed by atoms with van der Waals surface area (Å²) in [5, 5.41) is 2.51. The Morgan fingerprint density at radius 1 is 0.282 bits per heavy atom. The number of benzene rings is 12. The van der Waals surface area contributed by atoms with E-state index in [0.717, 1.165) is 22.6 Å². The van der Waals surface area contributed by atoms with Crippen LogP contribution in [0.3, 0.4) is 0 Å². The highest BCUT2D eigenvalue weighted by molar-refractivity contribution is 6.10. The van der Waals surface area contributed by atoms with E-state index in [0.29, 0.717) is 0 Å². The molecule has 2 aliphatic rings. The largest absolute Gasteiger partial charge is 0.310 e. The van der Waals surface area contributed by atoms with Crippen molar-refractivity contribution in [3.63, 3.8) is 0 Å². The van der Waals surface area contributed by atoms with Crippen LogP contribution in [0.1, 0.15) is 47.2 Å². The molecule has 0 radical (unpaired) electrons. The molecule has 0 fully saturated rings. The number of aromatic nitrogens is 1. The molecule has 0 spiro atoms. The molecular weight excluding hydrogens is 941 g/mol. The van der Waals surface area contributed by atoms with Gasteiger partial charge in [-0.3, -0.25) is 0 Å². The number of fused-ring (bicyclic) bond motifs is 9. The second-order valence-corrected chi connectivity index (χ2v) is 21.6. The molecule has 12 aromatic carbocycles. The van der Waals surface area contributed by atoms with E-state index >= 15 is 0 Å². The van der Waals surface area contributed by atoms with Gasteiger partial charge in [-0.05, 0) is 156 Å². The van der Waals surface area contributed by atoms with Gasteiger partial charge in [-0.1, -0.05) is 238 Å². The number of hydrogen-bond donors (Lipinski definition) is 0. The second kappa shape index (κ2) is 17.9. The first-order chi connectivity index (χ1) is 38.4. The van der Waals surface area contributed by atoms with Crippen LogP contribution in [0.2, 0.25) is 0 Å².